The van der Waals surface area contributed by atoms with Crippen LogP contribution < -0.4 is 10.2 Å². The van der Waals surface area contributed by atoms with Gasteiger partial charge in [0, 0.05) is 44.1 Å². The van der Waals surface area contributed by atoms with E-state index < -0.39 is 0 Å². The van der Waals surface area contributed by atoms with Crippen LogP contribution in [0, 0.1) is 13.8 Å². The summed E-state index contributed by atoms with van der Waals surface area (Å²) in [5.41, 5.74) is 3.77. The molecule has 0 saturated carbocycles. The molecular formula is C21H29N5O. The second-order valence-corrected chi connectivity index (χ2v) is 7.12. The summed E-state index contributed by atoms with van der Waals surface area (Å²) in [5.74, 6) is 0.535. The molecule has 6 nitrogen and oxygen atoms in total. The van der Waals surface area contributed by atoms with Crippen molar-refractivity contribution in [3.05, 3.63) is 47.3 Å². The molecule has 1 amide bonds. The summed E-state index contributed by atoms with van der Waals surface area (Å²) < 4.78 is 0. The number of nitrogens with zero attached hydrogens (tertiary/aromatic N) is 4. The molecule has 1 N–H and O–H groups in total. The second-order valence-electron chi connectivity index (χ2n) is 7.12. The first-order valence-electron chi connectivity index (χ1n) is 9.77. The number of anilines is 2. The van der Waals surface area contributed by atoms with E-state index >= 15 is 0 Å². The summed E-state index contributed by atoms with van der Waals surface area (Å²) in [6.45, 7) is 10.0. The summed E-state index contributed by atoms with van der Waals surface area (Å²) >= 11 is 0. The van der Waals surface area contributed by atoms with Gasteiger partial charge in [-0.15, -0.1) is 0 Å². The lowest BCUT2D eigenvalue weighted by Gasteiger charge is -2.36. The Balaban J connectivity index is 1.63. The first-order valence-corrected chi connectivity index (χ1v) is 9.77. The molecule has 1 fully saturated rings. The number of benzene rings is 1. The Kier molecular flexibility index (Phi) is 6.27. The Labute approximate surface area is 161 Å². The first kappa shape index (κ1) is 19.1. The highest BCUT2D eigenvalue weighted by molar-refractivity contribution is 5.92. The number of nitrogens with one attached hydrogen (secondary N) is 1. The largest absolute Gasteiger partial charge is 0.368 e. The molecule has 27 heavy (non-hydrogen) atoms. The van der Waals surface area contributed by atoms with Gasteiger partial charge in [-0.05, 0) is 44.0 Å². The monoisotopic (exact) mass is 367 g/mol. The van der Waals surface area contributed by atoms with Crippen molar-refractivity contribution in [1.82, 2.24) is 14.9 Å². The van der Waals surface area contributed by atoms with Crippen molar-refractivity contribution in [3.8, 4) is 0 Å². The van der Waals surface area contributed by atoms with E-state index in [1.54, 1.807) is 6.07 Å². The van der Waals surface area contributed by atoms with Gasteiger partial charge in [0.15, 0.2) is 0 Å². The SMILES string of the molecule is CCCCNc1nc(C)cc(C(=O)N2CCN(c3cccc(C)c3)CC2)n1. The molecule has 0 radical (unpaired) electrons. The summed E-state index contributed by atoms with van der Waals surface area (Å²) in [5, 5.41) is 3.22. The maximum absolute atomic E-state index is 12.9. The third-order valence-electron chi connectivity index (χ3n) is 4.82. The van der Waals surface area contributed by atoms with Crippen molar-refractivity contribution < 1.29 is 4.79 Å². The summed E-state index contributed by atoms with van der Waals surface area (Å²) in [4.78, 5) is 26.0. The predicted octanol–water partition coefficient (Wildman–Crippen LogP) is 3.27. The van der Waals surface area contributed by atoms with E-state index in [1.807, 2.05) is 11.8 Å². The van der Waals surface area contributed by atoms with Crippen LogP contribution in [0.25, 0.3) is 0 Å². The quantitative estimate of drug-likeness (QED) is 0.794. The average molecular weight is 367 g/mol. The van der Waals surface area contributed by atoms with Crippen molar-refractivity contribution >= 4 is 17.5 Å². The van der Waals surface area contributed by atoms with Crippen LogP contribution in [-0.4, -0.2) is 53.5 Å². The standard InChI is InChI=1S/C21H29N5O/c1-4-5-9-22-21-23-17(3)15-19(24-21)20(27)26-12-10-25(11-13-26)18-8-6-7-16(2)14-18/h6-8,14-15H,4-5,9-13H2,1-3H3,(H,22,23,24). The van der Waals surface area contributed by atoms with Crippen LogP contribution in [0.4, 0.5) is 11.6 Å². The van der Waals surface area contributed by atoms with Crippen LogP contribution in [0.1, 0.15) is 41.5 Å². The third kappa shape index (κ3) is 4.96. The van der Waals surface area contributed by atoms with Gasteiger partial charge in [-0.3, -0.25) is 4.79 Å². The summed E-state index contributed by atoms with van der Waals surface area (Å²) in [7, 11) is 0. The number of carbonyl (C=O) groups excluding carboxylic acids is 1. The molecule has 144 valence electrons. The number of hydrogen-bond donors (Lipinski definition) is 1. The Morgan fingerprint density at radius 2 is 1.89 bits per heavy atom. The maximum Gasteiger partial charge on any atom is 0.272 e. The lowest BCUT2D eigenvalue weighted by molar-refractivity contribution is 0.0740. The number of hydrogen-bond acceptors (Lipinski definition) is 5. The molecule has 1 aromatic heterocycles. The fourth-order valence-electron chi connectivity index (χ4n) is 3.29. The molecule has 6 heteroatoms. The Morgan fingerprint density at radius 1 is 1.11 bits per heavy atom. The zero-order valence-electron chi connectivity index (χ0n) is 16.5. The van der Waals surface area contributed by atoms with Crippen molar-refractivity contribution in [3.63, 3.8) is 0 Å². The van der Waals surface area contributed by atoms with Crippen molar-refractivity contribution in [2.24, 2.45) is 0 Å². The summed E-state index contributed by atoms with van der Waals surface area (Å²) in [6, 6.07) is 10.3. The highest BCUT2D eigenvalue weighted by Crippen LogP contribution is 2.19. The van der Waals surface area contributed by atoms with Gasteiger partial charge in [0.2, 0.25) is 5.95 Å². The van der Waals surface area contributed by atoms with E-state index in [4.69, 9.17) is 0 Å². The third-order valence-corrected chi connectivity index (χ3v) is 4.82. The Bertz CT molecular complexity index is 784. The van der Waals surface area contributed by atoms with Crippen LogP contribution in [0.3, 0.4) is 0 Å². The van der Waals surface area contributed by atoms with Gasteiger partial charge in [0.25, 0.3) is 5.91 Å². The predicted molar refractivity (Wildman–Crippen MR) is 109 cm³/mol. The van der Waals surface area contributed by atoms with Gasteiger partial charge in [-0.2, -0.15) is 0 Å². The highest BCUT2D eigenvalue weighted by atomic mass is 16.2. The van der Waals surface area contributed by atoms with Crippen molar-refractivity contribution in [2.75, 3.05) is 42.9 Å². The van der Waals surface area contributed by atoms with E-state index in [-0.39, 0.29) is 5.91 Å². The zero-order chi connectivity index (χ0) is 19.2. The number of aryl methyl sites for hydroxylation is 2. The molecule has 2 heterocycles. The number of rotatable bonds is 6. The van der Waals surface area contributed by atoms with Crippen molar-refractivity contribution in [2.45, 2.75) is 33.6 Å². The van der Waals surface area contributed by atoms with E-state index in [1.165, 1.54) is 11.3 Å². The Morgan fingerprint density at radius 3 is 2.59 bits per heavy atom. The summed E-state index contributed by atoms with van der Waals surface area (Å²) in [6.07, 6.45) is 2.16. The molecule has 1 aromatic carbocycles. The first-order chi connectivity index (χ1) is 13.1. The van der Waals surface area contributed by atoms with Crippen molar-refractivity contribution in [1.29, 1.82) is 0 Å². The van der Waals surface area contributed by atoms with Gasteiger partial charge in [0.05, 0.1) is 0 Å². The van der Waals surface area contributed by atoms with Gasteiger partial charge < -0.3 is 15.1 Å². The number of amides is 1. The van der Waals surface area contributed by atoms with Crippen LogP contribution in [0.15, 0.2) is 30.3 Å². The van der Waals surface area contributed by atoms with Gasteiger partial charge in [-0.25, -0.2) is 9.97 Å². The maximum atomic E-state index is 12.9. The van der Waals surface area contributed by atoms with E-state index in [0.29, 0.717) is 24.7 Å². The van der Waals surface area contributed by atoms with E-state index in [2.05, 4.69) is 58.3 Å². The molecule has 0 atom stereocenters. The minimum Gasteiger partial charge on any atom is -0.368 e. The van der Waals surface area contributed by atoms with Gasteiger partial charge >= 0.3 is 0 Å². The lowest BCUT2D eigenvalue weighted by atomic mass is 10.2. The molecule has 1 aliphatic rings. The highest BCUT2D eigenvalue weighted by Gasteiger charge is 2.24. The molecule has 3 rings (SSSR count). The number of piperazine rings is 1. The molecule has 2 aromatic rings. The van der Waals surface area contributed by atoms with E-state index in [0.717, 1.165) is 38.2 Å². The van der Waals surface area contributed by atoms with E-state index in [9.17, 15) is 4.79 Å². The fraction of sp³-hybridized carbons (Fsp3) is 0.476. The number of carbonyl (C=O) groups is 1. The molecule has 0 bridgehead atoms. The molecule has 0 spiro atoms. The number of aromatic nitrogens is 2. The molecule has 0 unspecified atom stereocenters. The molecule has 1 saturated heterocycles. The molecular weight excluding hydrogens is 338 g/mol. The molecule has 1 aliphatic heterocycles. The lowest BCUT2D eigenvalue weighted by Crippen LogP contribution is -2.49. The average Bonchev–Trinajstić information content (AvgIpc) is 2.67. The minimum absolute atomic E-state index is 0.0112. The minimum atomic E-state index is -0.0112. The second kappa shape index (κ2) is 8.84. The topological polar surface area (TPSA) is 61.4 Å². The smallest absolute Gasteiger partial charge is 0.272 e. The van der Waals surface area contributed by atoms with Gasteiger partial charge in [-0.1, -0.05) is 25.5 Å². The van der Waals surface area contributed by atoms with Crippen LogP contribution >= 0.6 is 0 Å². The zero-order valence-corrected chi connectivity index (χ0v) is 16.5. The van der Waals surface area contributed by atoms with Crippen LogP contribution in [-0.2, 0) is 0 Å². The fourth-order valence-corrected chi connectivity index (χ4v) is 3.29. The number of unbranched alkanes of at least 4 members (excludes halogenated alkanes) is 1. The normalized spacial score (nSPS) is 14.3. The Hall–Kier alpha value is -2.63. The van der Waals surface area contributed by atoms with Crippen LogP contribution in [0.5, 0.6) is 0 Å². The molecule has 0 aliphatic carbocycles. The van der Waals surface area contributed by atoms with Crippen LogP contribution in [0.2, 0.25) is 0 Å². The van der Waals surface area contributed by atoms with Gasteiger partial charge in [0.1, 0.15) is 5.69 Å².